The van der Waals surface area contributed by atoms with E-state index in [9.17, 15) is 9.90 Å². The van der Waals surface area contributed by atoms with Crippen LogP contribution >= 0.6 is 0 Å². The first kappa shape index (κ1) is 15.3. The van der Waals surface area contributed by atoms with Gasteiger partial charge >= 0.3 is 0 Å². The Morgan fingerprint density at radius 3 is 2.58 bits per heavy atom. The van der Waals surface area contributed by atoms with Crippen molar-refractivity contribution in [2.45, 2.75) is 0 Å². The minimum absolute atomic E-state index is 0. The number of pyridine rings is 1. The molecule has 2 aromatic carbocycles. The van der Waals surface area contributed by atoms with E-state index in [0.29, 0.717) is 16.9 Å². The maximum absolute atomic E-state index is 12.3. The molecule has 24 heavy (non-hydrogen) atoms. The van der Waals surface area contributed by atoms with E-state index in [1.165, 1.54) is 12.1 Å². The van der Waals surface area contributed by atoms with Gasteiger partial charge in [-0.2, -0.15) is 0 Å². The number of carbonyl (C=O) groups is 1. The van der Waals surface area contributed by atoms with E-state index in [-0.39, 0.29) is 13.1 Å². The summed E-state index contributed by atoms with van der Waals surface area (Å²) in [5.41, 5.74) is 2.54. The molecular weight excluding hydrogens is 300 g/mol. The van der Waals surface area contributed by atoms with Gasteiger partial charge in [0.25, 0.3) is 5.91 Å². The van der Waals surface area contributed by atoms with Crippen molar-refractivity contribution in [1.29, 1.82) is 0 Å². The zero-order valence-corrected chi connectivity index (χ0v) is 12.7. The fraction of sp³-hybridized carbons (Fsp3) is 0. The maximum atomic E-state index is 12.3. The van der Waals surface area contributed by atoms with Crippen LogP contribution in [-0.4, -0.2) is 16.0 Å². The van der Waals surface area contributed by atoms with E-state index in [2.05, 4.69) is 22.1 Å². The summed E-state index contributed by atoms with van der Waals surface area (Å²) in [6, 6.07) is 18.9. The molecule has 1 heterocycles. The number of nitrogens with one attached hydrogen (secondary N) is 1. The maximum Gasteiger partial charge on any atom is 0.255 e. The lowest BCUT2D eigenvalue weighted by Gasteiger charge is -2.05. The first-order chi connectivity index (χ1) is 11.7. The molecule has 0 saturated carbocycles. The Hall–Kier alpha value is -3.58. The molecular formula is C20H16N2O2. The number of hydrogen-bond acceptors (Lipinski definition) is 3. The first-order valence-electron chi connectivity index (χ1n) is 7.34. The summed E-state index contributed by atoms with van der Waals surface area (Å²) in [6.45, 7) is 0. The molecule has 0 aliphatic heterocycles. The lowest BCUT2D eigenvalue weighted by molar-refractivity contribution is 0.102. The predicted molar refractivity (Wildman–Crippen MR) is 94.8 cm³/mol. The first-order valence-corrected chi connectivity index (χ1v) is 7.34. The molecule has 0 aliphatic carbocycles. The average Bonchev–Trinajstić information content (AvgIpc) is 2.63. The van der Waals surface area contributed by atoms with Crippen LogP contribution in [0.5, 0.6) is 5.75 Å². The van der Waals surface area contributed by atoms with Crippen LogP contribution in [0.3, 0.4) is 0 Å². The highest BCUT2D eigenvalue weighted by Gasteiger charge is 2.06. The Bertz CT molecular complexity index is 914. The molecule has 3 rings (SSSR count). The molecule has 0 bridgehead atoms. The van der Waals surface area contributed by atoms with E-state index in [0.717, 1.165) is 5.56 Å². The van der Waals surface area contributed by atoms with E-state index in [1.54, 1.807) is 36.5 Å². The lowest BCUT2D eigenvalue weighted by Crippen LogP contribution is -2.11. The van der Waals surface area contributed by atoms with E-state index < -0.39 is 0 Å². The standard InChI is InChI=1S/C20H14N2O2.H2/c23-19-11-9-18(10-12-19)22-20(24)16-5-3-4-15(14-16)7-8-17-6-1-2-13-21-17;/h1-6,9-14,23H,(H,22,24);1H. The summed E-state index contributed by atoms with van der Waals surface area (Å²) in [4.78, 5) is 16.4. The Labute approximate surface area is 141 Å². The van der Waals surface area contributed by atoms with Crippen LogP contribution in [0.4, 0.5) is 5.69 Å². The third-order valence-electron chi connectivity index (χ3n) is 3.25. The van der Waals surface area contributed by atoms with Gasteiger partial charge < -0.3 is 10.4 Å². The van der Waals surface area contributed by atoms with E-state index in [4.69, 9.17) is 0 Å². The number of nitrogens with zero attached hydrogens (tertiary/aromatic N) is 1. The highest BCUT2D eigenvalue weighted by molar-refractivity contribution is 6.04. The average molecular weight is 316 g/mol. The molecule has 0 unspecified atom stereocenters. The largest absolute Gasteiger partial charge is 0.508 e. The van der Waals surface area contributed by atoms with Crippen LogP contribution in [0.25, 0.3) is 0 Å². The molecule has 0 aliphatic rings. The topological polar surface area (TPSA) is 62.2 Å². The number of anilines is 1. The van der Waals surface area contributed by atoms with Crippen molar-refractivity contribution >= 4 is 11.6 Å². The fourth-order valence-corrected chi connectivity index (χ4v) is 2.06. The third kappa shape index (κ3) is 3.99. The molecule has 0 spiro atoms. The van der Waals surface area contributed by atoms with E-state index in [1.807, 2.05) is 24.3 Å². The Kier molecular flexibility index (Phi) is 4.55. The zero-order valence-electron chi connectivity index (χ0n) is 12.7. The summed E-state index contributed by atoms with van der Waals surface area (Å²) < 4.78 is 0. The predicted octanol–water partition coefficient (Wildman–Crippen LogP) is 3.69. The molecule has 0 atom stereocenters. The summed E-state index contributed by atoms with van der Waals surface area (Å²) in [5.74, 6) is 5.88. The van der Waals surface area contributed by atoms with Crippen molar-refractivity contribution in [1.82, 2.24) is 4.98 Å². The smallest absolute Gasteiger partial charge is 0.255 e. The highest BCUT2D eigenvalue weighted by Crippen LogP contribution is 2.15. The summed E-state index contributed by atoms with van der Waals surface area (Å²) in [7, 11) is 0. The highest BCUT2D eigenvalue weighted by atomic mass is 16.3. The van der Waals surface area contributed by atoms with Gasteiger partial charge in [-0.05, 0) is 60.5 Å². The second-order valence-corrected chi connectivity index (χ2v) is 5.05. The normalized spacial score (nSPS) is 9.67. The quantitative estimate of drug-likeness (QED) is 0.560. The van der Waals surface area contributed by atoms with Crippen LogP contribution in [0, 0.1) is 11.8 Å². The molecule has 1 aromatic heterocycles. The molecule has 0 fully saturated rings. The molecule has 1 amide bonds. The molecule has 0 saturated heterocycles. The van der Waals surface area contributed by atoms with Crippen molar-refractivity contribution in [2.75, 3.05) is 5.32 Å². The van der Waals surface area contributed by atoms with Crippen molar-refractivity contribution in [2.24, 2.45) is 0 Å². The van der Waals surface area contributed by atoms with Crippen LogP contribution in [0.15, 0.2) is 72.9 Å². The van der Waals surface area contributed by atoms with Gasteiger partial charge in [-0.3, -0.25) is 4.79 Å². The SMILES string of the molecule is O=C(Nc1ccc(O)cc1)c1cccc(C#Cc2ccccn2)c1.[HH]. The Morgan fingerprint density at radius 1 is 1.00 bits per heavy atom. The molecule has 4 heteroatoms. The van der Waals surface area contributed by atoms with Gasteiger partial charge in [0.2, 0.25) is 0 Å². The minimum Gasteiger partial charge on any atom is -0.508 e. The van der Waals surface area contributed by atoms with Crippen molar-refractivity contribution in [3.8, 4) is 17.6 Å². The second-order valence-electron chi connectivity index (χ2n) is 5.05. The summed E-state index contributed by atoms with van der Waals surface area (Å²) in [5, 5.41) is 12.0. The number of aromatic hydroxyl groups is 1. The van der Waals surface area contributed by atoms with Gasteiger partial charge in [0, 0.05) is 24.4 Å². The summed E-state index contributed by atoms with van der Waals surface area (Å²) >= 11 is 0. The number of phenols is 1. The van der Waals surface area contributed by atoms with Crippen LogP contribution in [0.1, 0.15) is 23.0 Å². The van der Waals surface area contributed by atoms with Gasteiger partial charge in [0.05, 0.1) is 0 Å². The van der Waals surface area contributed by atoms with Crippen molar-refractivity contribution in [3.63, 3.8) is 0 Å². The molecule has 4 nitrogen and oxygen atoms in total. The Morgan fingerprint density at radius 2 is 1.83 bits per heavy atom. The van der Waals surface area contributed by atoms with Crippen LogP contribution in [-0.2, 0) is 0 Å². The zero-order chi connectivity index (χ0) is 16.8. The number of carbonyl (C=O) groups excluding carboxylic acids is 1. The van der Waals surface area contributed by atoms with Gasteiger partial charge in [0.1, 0.15) is 11.4 Å². The van der Waals surface area contributed by atoms with Crippen LogP contribution < -0.4 is 5.32 Å². The second kappa shape index (κ2) is 7.12. The molecule has 118 valence electrons. The van der Waals surface area contributed by atoms with Gasteiger partial charge in [-0.1, -0.05) is 18.1 Å². The minimum atomic E-state index is -0.234. The number of benzene rings is 2. The molecule has 3 aromatic rings. The summed E-state index contributed by atoms with van der Waals surface area (Å²) in [6.07, 6.45) is 1.69. The van der Waals surface area contributed by atoms with Gasteiger partial charge in [-0.15, -0.1) is 0 Å². The third-order valence-corrected chi connectivity index (χ3v) is 3.25. The van der Waals surface area contributed by atoms with Crippen LogP contribution in [0.2, 0.25) is 0 Å². The number of hydrogen-bond donors (Lipinski definition) is 2. The van der Waals surface area contributed by atoms with Gasteiger partial charge in [-0.25, -0.2) is 4.98 Å². The van der Waals surface area contributed by atoms with Gasteiger partial charge in [0.15, 0.2) is 0 Å². The van der Waals surface area contributed by atoms with Crippen molar-refractivity contribution < 1.29 is 11.3 Å². The number of amides is 1. The number of phenolic OH excluding ortho intramolecular Hbond substituents is 1. The number of aromatic nitrogens is 1. The molecule has 0 radical (unpaired) electrons. The monoisotopic (exact) mass is 316 g/mol. The lowest BCUT2D eigenvalue weighted by atomic mass is 10.1. The molecule has 2 N–H and O–H groups in total. The number of rotatable bonds is 2. The van der Waals surface area contributed by atoms with E-state index >= 15 is 0 Å². The van der Waals surface area contributed by atoms with Crippen molar-refractivity contribution in [3.05, 3.63) is 89.7 Å². The fourth-order valence-electron chi connectivity index (χ4n) is 2.06. The Balaban J connectivity index is 0.00000225.